The van der Waals surface area contributed by atoms with Crippen molar-refractivity contribution in [2.24, 2.45) is 0 Å². The van der Waals surface area contributed by atoms with E-state index >= 15 is 0 Å². The molecule has 1 aromatic carbocycles. The van der Waals surface area contributed by atoms with Crippen molar-refractivity contribution in [1.82, 2.24) is 4.98 Å². The fourth-order valence-corrected chi connectivity index (χ4v) is 3.01. The van der Waals surface area contributed by atoms with E-state index in [1.807, 2.05) is 0 Å². The van der Waals surface area contributed by atoms with Crippen LogP contribution >= 0.6 is 23.5 Å². The van der Waals surface area contributed by atoms with E-state index in [0.29, 0.717) is 6.20 Å². The molecule has 26 heavy (non-hydrogen) atoms. The molecule has 0 aliphatic rings. The molecule has 0 atom stereocenters. The summed E-state index contributed by atoms with van der Waals surface area (Å²) in [6, 6.07) is 7.38. The average Bonchev–Trinajstić information content (AvgIpc) is 2.53. The first-order chi connectivity index (χ1) is 12.0. The van der Waals surface area contributed by atoms with Gasteiger partial charge < -0.3 is 5.32 Å². The zero-order valence-electron chi connectivity index (χ0n) is 12.7. The summed E-state index contributed by atoms with van der Waals surface area (Å²) in [5.41, 5.74) is -5.41. The van der Waals surface area contributed by atoms with Gasteiger partial charge in [-0.3, -0.25) is 4.79 Å². The van der Waals surface area contributed by atoms with Crippen LogP contribution in [0.4, 0.5) is 32.0 Å². The highest BCUT2D eigenvalue weighted by atomic mass is 32.2. The van der Waals surface area contributed by atoms with Gasteiger partial charge in [0.15, 0.2) is 0 Å². The number of thioether (sulfide) groups is 2. The maximum absolute atomic E-state index is 12.5. The third kappa shape index (κ3) is 6.45. The summed E-state index contributed by atoms with van der Waals surface area (Å²) >= 11 is 0.514. The number of nitrogens with one attached hydrogen (secondary N) is 1. The maximum atomic E-state index is 12.5. The highest BCUT2D eigenvalue weighted by molar-refractivity contribution is 8.00. The molecule has 0 radical (unpaired) electrons. The van der Waals surface area contributed by atoms with Crippen molar-refractivity contribution >= 4 is 35.1 Å². The number of carbonyl (C=O) groups is 1. The van der Waals surface area contributed by atoms with Crippen LogP contribution in [0.15, 0.2) is 52.5 Å². The minimum absolute atomic E-state index is 0.000744. The van der Waals surface area contributed by atoms with Crippen LogP contribution in [-0.2, 0) is 11.0 Å². The fraction of sp³-hybridized carbons (Fsp3) is 0.200. The summed E-state index contributed by atoms with van der Waals surface area (Å²) in [5.74, 6) is -0.824. The molecule has 0 saturated heterocycles. The van der Waals surface area contributed by atoms with E-state index < -0.39 is 23.2 Å². The lowest BCUT2D eigenvalue weighted by molar-refractivity contribution is -0.137. The van der Waals surface area contributed by atoms with Crippen LogP contribution in [0.25, 0.3) is 0 Å². The summed E-state index contributed by atoms with van der Waals surface area (Å²) < 4.78 is 74.8. The number of anilines is 1. The first-order valence-electron chi connectivity index (χ1n) is 6.85. The number of hydrogen-bond donors (Lipinski definition) is 1. The number of rotatable bonds is 5. The molecule has 0 aliphatic carbocycles. The van der Waals surface area contributed by atoms with Crippen molar-refractivity contribution in [1.29, 1.82) is 0 Å². The first kappa shape index (κ1) is 20.4. The molecule has 0 spiro atoms. The second kappa shape index (κ2) is 8.21. The molecule has 0 bridgehead atoms. The molecule has 2 rings (SSSR count). The zero-order chi connectivity index (χ0) is 19.4. The molecule has 0 aliphatic heterocycles. The summed E-state index contributed by atoms with van der Waals surface area (Å²) in [4.78, 5) is 15.3. The van der Waals surface area contributed by atoms with Gasteiger partial charge in [-0.15, -0.1) is 0 Å². The second-order valence-electron chi connectivity index (χ2n) is 4.76. The van der Waals surface area contributed by atoms with Crippen LogP contribution < -0.4 is 5.32 Å². The van der Waals surface area contributed by atoms with Crippen LogP contribution in [0.5, 0.6) is 0 Å². The highest BCUT2D eigenvalue weighted by Gasteiger charge is 2.31. The molecule has 1 N–H and O–H groups in total. The number of amides is 1. The third-order valence-corrected chi connectivity index (χ3v) is 4.55. The van der Waals surface area contributed by atoms with Crippen molar-refractivity contribution < 1.29 is 31.1 Å². The number of hydrogen-bond acceptors (Lipinski definition) is 4. The molecule has 1 amide bonds. The smallest absolute Gasteiger partial charge is 0.324 e. The predicted octanol–water partition coefficient (Wildman–Crippen LogP) is 5.44. The minimum Gasteiger partial charge on any atom is -0.324 e. The predicted molar refractivity (Wildman–Crippen MR) is 86.9 cm³/mol. The Morgan fingerprint density at radius 2 is 1.73 bits per heavy atom. The van der Waals surface area contributed by atoms with E-state index in [1.165, 1.54) is 24.3 Å². The number of pyridine rings is 1. The lowest BCUT2D eigenvalue weighted by atomic mass is 10.3. The molecular weight excluding hydrogens is 402 g/mol. The molecule has 0 saturated carbocycles. The van der Waals surface area contributed by atoms with Crippen LogP contribution in [0, 0.1) is 0 Å². The van der Waals surface area contributed by atoms with E-state index in [9.17, 15) is 31.1 Å². The third-order valence-electron chi connectivity index (χ3n) is 2.80. The van der Waals surface area contributed by atoms with Crippen LogP contribution in [0.1, 0.15) is 5.56 Å². The maximum Gasteiger partial charge on any atom is 0.446 e. The summed E-state index contributed by atoms with van der Waals surface area (Å²) in [7, 11) is 0. The van der Waals surface area contributed by atoms with Crippen LogP contribution in [0.2, 0.25) is 0 Å². The van der Waals surface area contributed by atoms with E-state index in [4.69, 9.17) is 0 Å². The summed E-state index contributed by atoms with van der Waals surface area (Å²) in [6.45, 7) is 0. The van der Waals surface area contributed by atoms with Gasteiger partial charge in [0, 0.05) is 11.1 Å². The van der Waals surface area contributed by atoms with E-state index in [-0.39, 0.29) is 33.1 Å². The molecule has 140 valence electrons. The van der Waals surface area contributed by atoms with Gasteiger partial charge in [0.25, 0.3) is 0 Å². The van der Waals surface area contributed by atoms with Crippen molar-refractivity contribution in [2.45, 2.75) is 21.6 Å². The van der Waals surface area contributed by atoms with Gasteiger partial charge in [-0.05, 0) is 36.0 Å². The molecule has 1 aromatic heterocycles. The topological polar surface area (TPSA) is 42.0 Å². The quantitative estimate of drug-likeness (QED) is 0.524. The summed E-state index contributed by atoms with van der Waals surface area (Å²) in [6.07, 6.45) is -3.86. The Kier molecular flexibility index (Phi) is 6.45. The lowest BCUT2D eigenvalue weighted by Gasteiger charge is -2.12. The number of para-hydroxylation sites is 1. The molecular formula is C15H10F6N2OS2. The standard InChI is InChI=1S/C15H10F6N2OS2/c16-14(17,18)9-5-6-13(22-7-9)25-8-12(24)23-10-3-1-2-4-11(10)26-15(19,20)21/h1-7H,8H2,(H,23,24). The number of benzene rings is 1. The van der Waals surface area contributed by atoms with Crippen molar-refractivity contribution in [3.8, 4) is 0 Å². The second-order valence-corrected chi connectivity index (χ2v) is 6.87. The number of carbonyl (C=O) groups excluding carboxylic acids is 1. The van der Waals surface area contributed by atoms with Gasteiger partial charge >= 0.3 is 11.7 Å². The average molecular weight is 412 g/mol. The fourth-order valence-electron chi connectivity index (χ4n) is 1.74. The Labute approximate surface area is 152 Å². The van der Waals surface area contributed by atoms with Gasteiger partial charge in [0.1, 0.15) is 0 Å². The Hall–Kier alpha value is -1.88. The molecule has 11 heteroatoms. The SMILES string of the molecule is O=C(CSc1ccc(C(F)(F)F)cn1)Nc1ccccc1SC(F)(F)F. The first-order valence-corrected chi connectivity index (χ1v) is 8.65. The van der Waals surface area contributed by atoms with E-state index in [0.717, 1.165) is 23.9 Å². The van der Waals surface area contributed by atoms with Crippen LogP contribution in [0.3, 0.4) is 0 Å². The van der Waals surface area contributed by atoms with Crippen molar-refractivity contribution in [3.05, 3.63) is 48.2 Å². The summed E-state index contributed by atoms with van der Waals surface area (Å²) in [5, 5.41) is 2.54. The van der Waals surface area contributed by atoms with Gasteiger partial charge in [-0.1, -0.05) is 23.9 Å². The van der Waals surface area contributed by atoms with E-state index in [2.05, 4.69) is 10.3 Å². The molecule has 2 aromatic rings. The minimum atomic E-state index is -4.51. The Morgan fingerprint density at radius 1 is 1.04 bits per heavy atom. The highest BCUT2D eigenvalue weighted by Crippen LogP contribution is 2.40. The van der Waals surface area contributed by atoms with Gasteiger partial charge in [0.2, 0.25) is 5.91 Å². The van der Waals surface area contributed by atoms with Gasteiger partial charge in [-0.2, -0.15) is 26.3 Å². The lowest BCUT2D eigenvalue weighted by Crippen LogP contribution is -2.15. The monoisotopic (exact) mass is 412 g/mol. The Balaban J connectivity index is 1.95. The number of alkyl halides is 6. The zero-order valence-corrected chi connectivity index (χ0v) is 14.3. The largest absolute Gasteiger partial charge is 0.446 e. The van der Waals surface area contributed by atoms with Gasteiger partial charge in [0.05, 0.1) is 22.0 Å². The Morgan fingerprint density at radius 3 is 2.31 bits per heavy atom. The van der Waals surface area contributed by atoms with E-state index in [1.54, 1.807) is 0 Å². The van der Waals surface area contributed by atoms with Crippen molar-refractivity contribution in [3.63, 3.8) is 0 Å². The van der Waals surface area contributed by atoms with Gasteiger partial charge in [-0.25, -0.2) is 4.98 Å². The molecule has 3 nitrogen and oxygen atoms in total. The number of halogens is 6. The number of nitrogens with zero attached hydrogens (tertiary/aromatic N) is 1. The number of aromatic nitrogens is 1. The molecule has 1 heterocycles. The molecule has 0 fully saturated rings. The molecule has 0 unspecified atom stereocenters. The van der Waals surface area contributed by atoms with Crippen molar-refractivity contribution in [2.75, 3.05) is 11.1 Å². The normalized spacial score (nSPS) is 12.1. The van der Waals surface area contributed by atoms with Crippen LogP contribution in [-0.4, -0.2) is 22.2 Å². The Bertz CT molecular complexity index is 762.